The van der Waals surface area contributed by atoms with Gasteiger partial charge >= 0.3 is 0 Å². The van der Waals surface area contributed by atoms with Gasteiger partial charge in [-0.2, -0.15) is 0 Å². The predicted molar refractivity (Wildman–Crippen MR) is 138 cm³/mol. The van der Waals surface area contributed by atoms with Gasteiger partial charge in [0.15, 0.2) is 0 Å². The third kappa shape index (κ3) is 5.97. The maximum atomic E-state index is 14.0. The fourth-order valence-electron chi connectivity index (χ4n) is 4.84. The number of aryl methyl sites for hydroxylation is 1. The number of anilines is 1. The molecule has 0 bridgehead atoms. The average molecular weight is 493 g/mol. The van der Waals surface area contributed by atoms with Crippen molar-refractivity contribution in [1.29, 1.82) is 0 Å². The minimum Gasteiger partial charge on any atom is -0.497 e. The van der Waals surface area contributed by atoms with Crippen LogP contribution in [0.2, 0.25) is 0 Å². The summed E-state index contributed by atoms with van der Waals surface area (Å²) in [5.74, 6) is 1.54. The molecule has 1 amide bonds. The van der Waals surface area contributed by atoms with Gasteiger partial charge in [-0.05, 0) is 66.3 Å². The van der Waals surface area contributed by atoms with E-state index in [0.29, 0.717) is 42.3 Å². The number of benzene rings is 3. The summed E-state index contributed by atoms with van der Waals surface area (Å²) in [6.45, 7) is 3.84. The standard InChI is InChI=1S/C29H33FN2O4/c1-19-12-21(8-10-26(19)30)22-14-23(18-32(17-22)16-20-6-5-7-24(13-20)34-2)29(33)31-27-11-9-25(35-3)15-28(27)36-4/h5-13,15,22-23H,14,16-18H2,1-4H3,(H,31,33). The molecule has 0 spiro atoms. The second kappa shape index (κ2) is 11.4. The monoisotopic (exact) mass is 492 g/mol. The van der Waals surface area contributed by atoms with Crippen LogP contribution in [0, 0.1) is 18.7 Å². The topological polar surface area (TPSA) is 60.0 Å². The Bertz CT molecular complexity index is 1220. The normalized spacial score (nSPS) is 17.9. The maximum Gasteiger partial charge on any atom is 0.228 e. The van der Waals surface area contributed by atoms with Crippen LogP contribution >= 0.6 is 0 Å². The highest BCUT2D eigenvalue weighted by atomic mass is 19.1. The molecule has 1 aliphatic heterocycles. The molecule has 190 valence electrons. The fourth-order valence-corrected chi connectivity index (χ4v) is 4.84. The van der Waals surface area contributed by atoms with Gasteiger partial charge in [-0.15, -0.1) is 0 Å². The minimum atomic E-state index is -0.258. The van der Waals surface area contributed by atoms with Crippen LogP contribution in [0.15, 0.2) is 60.7 Å². The van der Waals surface area contributed by atoms with E-state index in [1.54, 1.807) is 46.5 Å². The van der Waals surface area contributed by atoms with Crippen molar-refractivity contribution >= 4 is 11.6 Å². The molecule has 3 aromatic rings. The van der Waals surface area contributed by atoms with Crippen molar-refractivity contribution < 1.29 is 23.4 Å². The summed E-state index contributed by atoms with van der Waals surface area (Å²) in [5, 5.41) is 3.05. The highest BCUT2D eigenvalue weighted by molar-refractivity contribution is 5.94. The number of nitrogens with zero attached hydrogens (tertiary/aromatic N) is 1. The van der Waals surface area contributed by atoms with Crippen LogP contribution in [0.5, 0.6) is 17.2 Å². The molecular formula is C29H33FN2O4. The van der Waals surface area contributed by atoms with Crippen LogP contribution in [0.4, 0.5) is 10.1 Å². The number of carbonyl (C=O) groups excluding carboxylic acids is 1. The van der Waals surface area contributed by atoms with Gasteiger partial charge in [-0.1, -0.05) is 24.3 Å². The van der Waals surface area contributed by atoms with Gasteiger partial charge in [0.2, 0.25) is 5.91 Å². The molecule has 1 N–H and O–H groups in total. The van der Waals surface area contributed by atoms with Crippen LogP contribution in [-0.2, 0) is 11.3 Å². The zero-order valence-corrected chi connectivity index (χ0v) is 21.2. The fraction of sp³-hybridized carbons (Fsp3) is 0.345. The summed E-state index contributed by atoms with van der Waals surface area (Å²) in [4.78, 5) is 15.8. The Morgan fingerprint density at radius 1 is 0.972 bits per heavy atom. The molecule has 7 heteroatoms. The van der Waals surface area contributed by atoms with Crippen LogP contribution in [0.3, 0.4) is 0 Å². The zero-order valence-electron chi connectivity index (χ0n) is 21.2. The lowest BCUT2D eigenvalue weighted by atomic mass is 9.83. The number of rotatable bonds is 8. The van der Waals surface area contributed by atoms with Gasteiger partial charge < -0.3 is 19.5 Å². The summed E-state index contributed by atoms with van der Waals surface area (Å²) >= 11 is 0. The first-order valence-corrected chi connectivity index (χ1v) is 12.0. The lowest BCUT2D eigenvalue weighted by Crippen LogP contribution is -2.43. The van der Waals surface area contributed by atoms with Gasteiger partial charge in [0, 0.05) is 25.7 Å². The summed E-state index contributed by atoms with van der Waals surface area (Å²) < 4.78 is 30.1. The van der Waals surface area contributed by atoms with E-state index in [1.165, 1.54) is 6.07 Å². The second-order valence-corrected chi connectivity index (χ2v) is 9.24. The lowest BCUT2D eigenvalue weighted by Gasteiger charge is -2.37. The van der Waals surface area contributed by atoms with Crippen LogP contribution in [0.1, 0.15) is 29.0 Å². The molecule has 4 rings (SSSR count). The van der Waals surface area contributed by atoms with Crippen LogP contribution in [0.25, 0.3) is 0 Å². The molecule has 0 radical (unpaired) electrons. The molecule has 3 aromatic carbocycles. The summed E-state index contributed by atoms with van der Waals surface area (Å²) in [5.41, 5.74) is 3.37. The zero-order chi connectivity index (χ0) is 25.7. The summed E-state index contributed by atoms with van der Waals surface area (Å²) in [6, 6.07) is 18.5. The van der Waals surface area contributed by atoms with Crippen molar-refractivity contribution in [2.45, 2.75) is 25.8 Å². The van der Waals surface area contributed by atoms with Crippen molar-refractivity contribution in [1.82, 2.24) is 4.90 Å². The third-order valence-electron chi connectivity index (χ3n) is 6.76. The van der Waals surface area contributed by atoms with Gasteiger partial charge in [0.25, 0.3) is 0 Å². The van der Waals surface area contributed by atoms with E-state index >= 15 is 0 Å². The molecule has 36 heavy (non-hydrogen) atoms. The average Bonchev–Trinajstić information content (AvgIpc) is 2.90. The molecule has 1 saturated heterocycles. The van der Waals surface area contributed by atoms with E-state index in [0.717, 1.165) is 23.4 Å². The van der Waals surface area contributed by atoms with Gasteiger partial charge in [-0.3, -0.25) is 9.69 Å². The van der Waals surface area contributed by atoms with E-state index in [2.05, 4.69) is 16.3 Å². The predicted octanol–water partition coefficient (Wildman–Crippen LogP) is 5.40. The Morgan fingerprint density at radius 3 is 2.47 bits per heavy atom. The molecule has 2 atom stereocenters. The molecule has 6 nitrogen and oxygen atoms in total. The van der Waals surface area contributed by atoms with E-state index < -0.39 is 0 Å². The van der Waals surface area contributed by atoms with Crippen molar-refractivity contribution in [2.75, 3.05) is 39.7 Å². The van der Waals surface area contributed by atoms with Crippen molar-refractivity contribution in [3.63, 3.8) is 0 Å². The van der Waals surface area contributed by atoms with E-state index in [9.17, 15) is 9.18 Å². The number of ether oxygens (including phenoxy) is 3. The Labute approximate surface area is 212 Å². The van der Waals surface area contributed by atoms with Gasteiger partial charge in [-0.25, -0.2) is 4.39 Å². The Morgan fingerprint density at radius 2 is 1.75 bits per heavy atom. The molecule has 0 saturated carbocycles. The lowest BCUT2D eigenvalue weighted by molar-refractivity contribution is -0.121. The van der Waals surface area contributed by atoms with Crippen molar-refractivity contribution in [3.8, 4) is 17.2 Å². The quantitative estimate of drug-likeness (QED) is 0.456. The number of amides is 1. The SMILES string of the molecule is COc1cccc(CN2CC(C(=O)Nc3ccc(OC)cc3OC)CC(c3ccc(F)c(C)c3)C2)c1. The van der Waals surface area contributed by atoms with Gasteiger partial charge in [0.05, 0.1) is 32.9 Å². The molecule has 0 aliphatic carbocycles. The molecular weight excluding hydrogens is 459 g/mol. The summed E-state index contributed by atoms with van der Waals surface area (Å²) in [7, 11) is 4.80. The number of methoxy groups -OCH3 is 3. The summed E-state index contributed by atoms with van der Waals surface area (Å²) in [6.07, 6.45) is 0.671. The first-order valence-electron chi connectivity index (χ1n) is 12.0. The minimum absolute atomic E-state index is 0.0716. The number of nitrogens with one attached hydrogen (secondary N) is 1. The highest BCUT2D eigenvalue weighted by Crippen LogP contribution is 2.34. The van der Waals surface area contributed by atoms with Crippen LogP contribution in [-0.4, -0.2) is 45.2 Å². The first kappa shape index (κ1) is 25.5. The maximum absolute atomic E-state index is 14.0. The number of likely N-dealkylation sites (tertiary alicyclic amines) is 1. The number of hydrogen-bond acceptors (Lipinski definition) is 5. The molecule has 1 heterocycles. The van der Waals surface area contributed by atoms with E-state index in [-0.39, 0.29) is 23.6 Å². The first-order chi connectivity index (χ1) is 17.4. The number of halogens is 1. The van der Waals surface area contributed by atoms with E-state index in [4.69, 9.17) is 14.2 Å². The van der Waals surface area contributed by atoms with Gasteiger partial charge in [0.1, 0.15) is 23.1 Å². The third-order valence-corrected chi connectivity index (χ3v) is 6.76. The molecule has 1 aliphatic rings. The highest BCUT2D eigenvalue weighted by Gasteiger charge is 2.33. The molecule has 2 unspecified atom stereocenters. The number of carbonyl (C=O) groups is 1. The molecule has 1 fully saturated rings. The Kier molecular flexibility index (Phi) is 8.10. The van der Waals surface area contributed by atoms with Crippen molar-refractivity contribution in [3.05, 3.63) is 83.2 Å². The van der Waals surface area contributed by atoms with Crippen LogP contribution < -0.4 is 19.5 Å². The number of hydrogen-bond donors (Lipinski definition) is 1. The van der Waals surface area contributed by atoms with Crippen molar-refractivity contribution in [2.24, 2.45) is 5.92 Å². The molecule has 0 aromatic heterocycles. The smallest absolute Gasteiger partial charge is 0.228 e. The Hall–Kier alpha value is -3.58. The van der Waals surface area contributed by atoms with E-state index in [1.807, 2.05) is 30.3 Å². The largest absolute Gasteiger partial charge is 0.497 e. The second-order valence-electron chi connectivity index (χ2n) is 9.24. The number of piperidine rings is 1. The Balaban J connectivity index is 1.58.